The number of anilines is 1. The Kier molecular flexibility index (Phi) is 5.78. The summed E-state index contributed by atoms with van der Waals surface area (Å²) in [5, 5.41) is 8.10. The molecule has 2 heterocycles. The van der Waals surface area contributed by atoms with Gasteiger partial charge in [-0.05, 0) is 18.2 Å². The number of aromatic nitrogens is 3. The van der Waals surface area contributed by atoms with Gasteiger partial charge in [0.2, 0.25) is 5.91 Å². The van der Waals surface area contributed by atoms with Crippen LogP contribution in [0.2, 0.25) is 10.0 Å². The first-order valence-electron chi connectivity index (χ1n) is 7.87. The van der Waals surface area contributed by atoms with E-state index in [2.05, 4.69) is 15.4 Å². The molecule has 3 aromatic rings. The highest BCUT2D eigenvalue weighted by atomic mass is 35.5. The van der Waals surface area contributed by atoms with Crippen LogP contribution in [0.4, 0.5) is 13.8 Å². The van der Waals surface area contributed by atoms with Gasteiger partial charge < -0.3 is 5.32 Å². The van der Waals surface area contributed by atoms with Crippen LogP contribution in [0.5, 0.6) is 0 Å². The van der Waals surface area contributed by atoms with Crippen LogP contribution < -0.4 is 5.32 Å². The van der Waals surface area contributed by atoms with Crippen molar-refractivity contribution in [3.05, 3.63) is 46.2 Å². The van der Waals surface area contributed by atoms with Gasteiger partial charge in [0.15, 0.2) is 0 Å². The highest BCUT2D eigenvalue weighted by molar-refractivity contribution is 7.19. The van der Waals surface area contributed by atoms with Gasteiger partial charge in [-0.15, -0.1) is 0 Å². The Morgan fingerprint density at radius 3 is 2.52 bits per heavy atom. The van der Waals surface area contributed by atoms with E-state index in [0.29, 0.717) is 15.7 Å². The molecule has 10 heteroatoms. The number of rotatable bonds is 5. The van der Waals surface area contributed by atoms with Gasteiger partial charge in [-0.25, -0.2) is 18.4 Å². The van der Waals surface area contributed by atoms with E-state index in [9.17, 15) is 13.6 Å². The summed E-state index contributed by atoms with van der Waals surface area (Å²) in [4.78, 5) is 16.1. The molecule has 142 valence electrons. The van der Waals surface area contributed by atoms with Gasteiger partial charge in [-0.3, -0.25) is 4.79 Å². The van der Waals surface area contributed by atoms with Crippen molar-refractivity contribution in [3.8, 4) is 16.4 Å². The molecule has 27 heavy (non-hydrogen) atoms. The third-order valence-corrected chi connectivity index (χ3v) is 5.14. The number of nitrogens with one attached hydrogen (secondary N) is 1. The molecular weight excluding hydrogens is 417 g/mol. The minimum absolute atomic E-state index is 0.166. The summed E-state index contributed by atoms with van der Waals surface area (Å²) in [6.45, 7) is 3.53. The van der Waals surface area contributed by atoms with Crippen molar-refractivity contribution in [2.75, 3.05) is 5.32 Å². The molecule has 2 aromatic heterocycles. The average molecular weight is 431 g/mol. The minimum Gasteiger partial charge on any atom is -0.316 e. The molecule has 1 amide bonds. The molecule has 0 radical (unpaired) electrons. The van der Waals surface area contributed by atoms with E-state index in [4.69, 9.17) is 23.2 Å². The van der Waals surface area contributed by atoms with Crippen LogP contribution in [0.3, 0.4) is 0 Å². The second-order valence-corrected chi connectivity index (χ2v) is 7.76. The second-order valence-electron chi connectivity index (χ2n) is 5.91. The van der Waals surface area contributed by atoms with Crippen molar-refractivity contribution in [2.45, 2.75) is 20.3 Å². The molecular formula is C17H14Cl2F2N4OS. The second kappa shape index (κ2) is 7.92. The number of thiazole rings is 1. The fraction of sp³-hybridized carbons (Fsp3) is 0.235. The number of halogens is 4. The van der Waals surface area contributed by atoms with Crippen LogP contribution in [0.1, 0.15) is 26.0 Å². The Morgan fingerprint density at radius 1 is 1.26 bits per heavy atom. The number of alkyl halides is 2. The van der Waals surface area contributed by atoms with Gasteiger partial charge in [-0.2, -0.15) is 5.10 Å². The van der Waals surface area contributed by atoms with Gasteiger partial charge in [-0.1, -0.05) is 54.5 Å². The van der Waals surface area contributed by atoms with Gasteiger partial charge in [0.1, 0.15) is 27.1 Å². The van der Waals surface area contributed by atoms with E-state index in [1.165, 1.54) is 16.9 Å². The minimum atomic E-state index is -2.77. The van der Waals surface area contributed by atoms with Crippen LogP contribution in [-0.2, 0) is 4.79 Å². The van der Waals surface area contributed by atoms with Crippen molar-refractivity contribution in [1.82, 2.24) is 14.8 Å². The Hall–Kier alpha value is -2.03. The quantitative estimate of drug-likeness (QED) is 0.553. The number of benzene rings is 1. The topological polar surface area (TPSA) is 59.8 Å². The number of hydrogen-bond acceptors (Lipinski definition) is 4. The fourth-order valence-corrected chi connectivity index (χ4v) is 3.61. The molecule has 0 bridgehead atoms. The molecule has 3 rings (SSSR count). The van der Waals surface area contributed by atoms with Crippen LogP contribution in [0.25, 0.3) is 16.4 Å². The van der Waals surface area contributed by atoms with Crippen molar-refractivity contribution < 1.29 is 13.6 Å². The Morgan fingerprint density at radius 2 is 1.93 bits per heavy atom. The maximum absolute atomic E-state index is 13.2. The van der Waals surface area contributed by atoms with E-state index in [0.717, 1.165) is 11.3 Å². The molecule has 0 atom stereocenters. The monoisotopic (exact) mass is 430 g/mol. The highest BCUT2D eigenvalue weighted by Crippen LogP contribution is 2.36. The summed E-state index contributed by atoms with van der Waals surface area (Å²) in [6.07, 6.45) is -1.31. The molecule has 0 aliphatic rings. The van der Waals surface area contributed by atoms with Gasteiger partial charge >= 0.3 is 0 Å². The molecule has 0 aliphatic carbocycles. The van der Waals surface area contributed by atoms with E-state index >= 15 is 0 Å². The molecule has 1 N–H and O–H groups in total. The molecule has 0 spiro atoms. The first-order chi connectivity index (χ1) is 12.8. The summed E-state index contributed by atoms with van der Waals surface area (Å²) in [7, 11) is 0. The summed E-state index contributed by atoms with van der Waals surface area (Å²) in [5.74, 6) is -0.366. The molecule has 1 aromatic carbocycles. The van der Waals surface area contributed by atoms with Gasteiger partial charge in [0.05, 0.1) is 16.2 Å². The maximum atomic E-state index is 13.2. The lowest BCUT2D eigenvalue weighted by molar-refractivity contribution is -0.118. The summed E-state index contributed by atoms with van der Waals surface area (Å²) < 4.78 is 27.7. The molecule has 0 fully saturated rings. The van der Waals surface area contributed by atoms with E-state index < -0.39 is 12.1 Å². The highest BCUT2D eigenvalue weighted by Gasteiger charge is 2.22. The van der Waals surface area contributed by atoms with E-state index in [1.807, 2.05) is 0 Å². The lowest BCUT2D eigenvalue weighted by Crippen LogP contribution is -2.16. The summed E-state index contributed by atoms with van der Waals surface area (Å²) >= 11 is 13.6. The molecule has 0 saturated carbocycles. The maximum Gasteiger partial charge on any atom is 0.282 e. The molecule has 5 nitrogen and oxygen atoms in total. The molecule has 0 saturated heterocycles. The smallest absolute Gasteiger partial charge is 0.282 e. The number of para-hydroxylation sites is 1. The zero-order valence-electron chi connectivity index (χ0n) is 14.2. The third-order valence-electron chi connectivity index (χ3n) is 3.60. The van der Waals surface area contributed by atoms with Crippen molar-refractivity contribution >= 4 is 45.4 Å². The third kappa shape index (κ3) is 4.12. The standard InChI is InChI=1S/C17H14Cl2F2N4OS/c1-8(2)16(26)23-13-7-22-17(27-13)12-6-11(15(20)21)24-25(12)14-9(18)4-3-5-10(14)19/h3-8,15H,1-2H3,(H,23,26). The summed E-state index contributed by atoms with van der Waals surface area (Å²) in [6, 6.07) is 6.06. The van der Waals surface area contributed by atoms with E-state index in [1.54, 1.807) is 32.0 Å². The first-order valence-corrected chi connectivity index (χ1v) is 9.44. The van der Waals surface area contributed by atoms with Gasteiger partial charge in [0.25, 0.3) is 6.43 Å². The Balaban J connectivity index is 2.08. The lowest BCUT2D eigenvalue weighted by Gasteiger charge is -2.09. The largest absolute Gasteiger partial charge is 0.316 e. The number of amides is 1. The van der Waals surface area contributed by atoms with Gasteiger partial charge in [0, 0.05) is 5.92 Å². The summed E-state index contributed by atoms with van der Waals surface area (Å²) in [5.41, 5.74) is 0.157. The number of carbonyl (C=O) groups is 1. The predicted octanol–water partition coefficient (Wildman–Crippen LogP) is 5.83. The van der Waals surface area contributed by atoms with E-state index in [-0.39, 0.29) is 27.6 Å². The van der Waals surface area contributed by atoms with Crippen LogP contribution in [-0.4, -0.2) is 20.7 Å². The van der Waals surface area contributed by atoms with Crippen molar-refractivity contribution in [3.63, 3.8) is 0 Å². The predicted molar refractivity (Wildman–Crippen MR) is 103 cm³/mol. The van der Waals surface area contributed by atoms with Crippen LogP contribution >= 0.6 is 34.5 Å². The van der Waals surface area contributed by atoms with Crippen LogP contribution in [0, 0.1) is 5.92 Å². The Bertz CT molecular complexity index is 967. The fourth-order valence-electron chi connectivity index (χ4n) is 2.24. The number of carbonyl (C=O) groups excluding carboxylic acids is 1. The average Bonchev–Trinajstić information content (AvgIpc) is 3.21. The molecule has 0 unspecified atom stereocenters. The zero-order valence-corrected chi connectivity index (χ0v) is 16.5. The zero-order chi connectivity index (χ0) is 19.7. The van der Waals surface area contributed by atoms with Crippen LogP contribution in [0.15, 0.2) is 30.5 Å². The lowest BCUT2D eigenvalue weighted by atomic mass is 10.2. The number of hydrogen-bond donors (Lipinski definition) is 1. The normalized spacial score (nSPS) is 11.4. The first kappa shape index (κ1) is 19.7. The number of nitrogens with zero attached hydrogens (tertiary/aromatic N) is 3. The SMILES string of the molecule is CC(C)C(=O)Nc1cnc(-c2cc(C(F)F)nn2-c2c(Cl)cccc2Cl)s1. The van der Waals surface area contributed by atoms with Crippen molar-refractivity contribution in [2.24, 2.45) is 5.92 Å². The Labute approximate surface area is 167 Å². The van der Waals surface area contributed by atoms with Crippen molar-refractivity contribution in [1.29, 1.82) is 0 Å². The molecule has 0 aliphatic heterocycles.